The molecule has 0 aromatic carbocycles. The van der Waals surface area contributed by atoms with Crippen molar-refractivity contribution >= 4 is 5.91 Å². The van der Waals surface area contributed by atoms with E-state index in [-0.39, 0.29) is 18.6 Å². The van der Waals surface area contributed by atoms with Crippen LogP contribution in [-0.2, 0) is 4.79 Å². The van der Waals surface area contributed by atoms with E-state index < -0.39 is 0 Å². The summed E-state index contributed by atoms with van der Waals surface area (Å²) in [6.07, 6.45) is 1.99. The highest BCUT2D eigenvalue weighted by atomic mass is 16.3. The summed E-state index contributed by atoms with van der Waals surface area (Å²) in [5.74, 6) is 0.158. The second kappa shape index (κ2) is 4.58. The third-order valence-electron chi connectivity index (χ3n) is 2.48. The van der Waals surface area contributed by atoms with Gasteiger partial charge in [-0.2, -0.15) is 0 Å². The number of hydrogen-bond acceptors (Lipinski definition) is 3. The molecule has 0 saturated carbocycles. The summed E-state index contributed by atoms with van der Waals surface area (Å²) < 4.78 is 0. The maximum absolute atomic E-state index is 11.6. The highest BCUT2D eigenvalue weighted by Gasteiger charge is 2.30. The van der Waals surface area contributed by atoms with Crippen LogP contribution in [0.3, 0.4) is 0 Å². The first-order valence-electron chi connectivity index (χ1n) is 4.73. The molecule has 0 aliphatic carbocycles. The van der Waals surface area contributed by atoms with Crippen LogP contribution in [0.1, 0.15) is 12.8 Å². The third-order valence-corrected chi connectivity index (χ3v) is 2.48. The molecule has 1 fully saturated rings. The van der Waals surface area contributed by atoms with Crippen molar-refractivity contribution < 1.29 is 9.90 Å². The predicted molar refractivity (Wildman–Crippen MR) is 50.4 cm³/mol. The van der Waals surface area contributed by atoms with Crippen molar-refractivity contribution in [2.75, 3.05) is 33.8 Å². The number of amides is 1. The van der Waals surface area contributed by atoms with Crippen molar-refractivity contribution in [1.29, 1.82) is 0 Å². The van der Waals surface area contributed by atoms with Crippen LogP contribution in [0.5, 0.6) is 0 Å². The normalized spacial score (nSPS) is 23.5. The Kier molecular flexibility index (Phi) is 3.69. The SMILES string of the molecule is CN(C)C(=O)[C@@H]1CCCN1CCO. The quantitative estimate of drug-likeness (QED) is 0.648. The number of likely N-dealkylation sites (N-methyl/N-ethyl adjacent to an activating group) is 1. The third kappa shape index (κ3) is 2.42. The number of aliphatic hydroxyl groups is 1. The van der Waals surface area contributed by atoms with Crippen LogP contribution in [0.2, 0.25) is 0 Å². The van der Waals surface area contributed by atoms with Gasteiger partial charge in [-0.25, -0.2) is 0 Å². The number of β-amino-alcohol motifs (C(OH)–C–C–N with tert-alkyl or cyclic N) is 1. The molecule has 1 rings (SSSR count). The van der Waals surface area contributed by atoms with Gasteiger partial charge in [-0.1, -0.05) is 0 Å². The molecule has 1 atom stereocenters. The molecular formula is C9H18N2O2. The minimum atomic E-state index is 0.00199. The van der Waals surface area contributed by atoms with Gasteiger partial charge in [-0.05, 0) is 19.4 Å². The second-order valence-corrected chi connectivity index (χ2v) is 3.65. The van der Waals surface area contributed by atoms with E-state index in [0.29, 0.717) is 6.54 Å². The molecule has 13 heavy (non-hydrogen) atoms. The fourth-order valence-electron chi connectivity index (χ4n) is 1.80. The molecule has 76 valence electrons. The van der Waals surface area contributed by atoms with Crippen molar-refractivity contribution in [2.45, 2.75) is 18.9 Å². The van der Waals surface area contributed by atoms with Crippen molar-refractivity contribution in [1.82, 2.24) is 9.80 Å². The summed E-state index contributed by atoms with van der Waals surface area (Å²) in [6.45, 7) is 1.69. The number of nitrogens with zero attached hydrogens (tertiary/aromatic N) is 2. The minimum Gasteiger partial charge on any atom is -0.395 e. The number of rotatable bonds is 3. The maximum atomic E-state index is 11.6. The van der Waals surface area contributed by atoms with Gasteiger partial charge in [0, 0.05) is 20.6 Å². The Bertz CT molecular complexity index is 182. The molecule has 0 radical (unpaired) electrons. The molecule has 0 spiro atoms. The number of hydrogen-bond donors (Lipinski definition) is 1. The molecule has 0 aromatic heterocycles. The van der Waals surface area contributed by atoms with E-state index in [1.54, 1.807) is 19.0 Å². The van der Waals surface area contributed by atoms with E-state index in [0.717, 1.165) is 19.4 Å². The number of carbonyl (C=O) groups excluding carboxylic acids is 1. The van der Waals surface area contributed by atoms with Crippen LogP contribution in [0, 0.1) is 0 Å². The Hall–Kier alpha value is -0.610. The predicted octanol–water partition coefficient (Wildman–Crippen LogP) is -0.469. The molecule has 1 aliphatic rings. The van der Waals surface area contributed by atoms with E-state index in [4.69, 9.17) is 5.11 Å². The Morgan fingerprint density at radius 1 is 1.62 bits per heavy atom. The number of aliphatic hydroxyl groups excluding tert-OH is 1. The lowest BCUT2D eigenvalue weighted by Gasteiger charge is -2.25. The molecule has 1 aliphatic heterocycles. The molecule has 0 aromatic rings. The Labute approximate surface area is 79.1 Å². The summed E-state index contributed by atoms with van der Waals surface area (Å²) in [6, 6.07) is 0.00199. The second-order valence-electron chi connectivity index (χ2n) is 3.65. The first-order chi connectivity index (χ1) is 6.16. The Balaban J connectivity index is 2.52. The van der Waals surface area contributed by atoms with Gasteiger partial charge in [-0.15, -0.1) is 0 Å². The molecular weight excluding hydrogens is 168 g/mol. The maximum Gasteiger partial charge on any atom is 0.239 e. The minimum absolute atomic E-state index is 0.00199. The van der Waals surface area contributed by atoms with E-state index >= 15 is 0 Å². The fraction of sp³-hybridized carbons (Fsp3) is 0.889. The van der Waals surface area contributed by atoms with E-state index in [9.17, 15) is 4.79 Å². The lowest BCUT2D eigenvalue weighted by Crippen LogP contribution is -2.43. The molecule has 4 nitrogen and oxygen atoms in total. The lowest BCUT2D eigenvalue weighted by molar-refractivity contribution is -0.133. The first-order valence-corrected chi connectivity index (χ1v) is 4.73. The largest absolute Gasteiger partial charge is 0.395 e. The zero-order valence-electron chi connectivity index (χ0n) is 8.36. The highest BCUT2D eigenvalue weighted by molar-refractivity contribution is 5.81. The van der Waals surface area contributed by atoms with E-state index in [1.165, 1.54) is 0 Å². The van der Waals surface area contributed by atoms with Crippen molar-refractivity contribution in [3.8, 4) is 0 Å². The molecule has 0 bridgehead atoms. The van der Waals surface area contributed by atoms with Crippen LogP contribution in [0.4, 0.5) is 0 Å². The standard InChI is InChI=1S/C9H18N2O2/c1-10(2)9(13)8-4-3-5-11(8)6-7-12/h8,12H,3-7H2,1-2H3/t8-/m0/s1. The van der Waals surface area contributed by atoms with Crippen LogP contribution in [0.15, 0.2) is 0 Å². The topological polar surface area (TPSA) is 43.8 Å². The summed E-state index contributed by atoms with van der Waals surface area (Å²) in [5, 5.41) is 8.80. The summed E-state index contributed by atoms with van der Waals surface area (Å²) in [7, 11) is 3.55. The molecule has 4 heteroatoms. The summed E-state index contributed by atoms with van der Waals surface area (Å²) >= 11 is 0. The van der Waals surface area contributed by atoms with Crippen LogP contribution >= 0.6 is 0 Å². The van der Waals surface area contributed by atoms with Gasteiger partial charge in [0.15, 0.2) is 0 Å². The van der Waals surface area contributed by atoms with Crippen LogP contribution in [-0.4, -0.2) is 60.6 Å². The van der Waals surface area contributed by atoms with Crippen LogP contribution < -0.4 is 0 Å². The van der Waals surface area contributed by atoms with E-state index in [1.807, 2.05) is 0 Å². The van der Waals surface area contributed by atoms with Crippen molar-refractivity contribution in [3.05, 3.63) is 0 Å². The summed E-state index contributed by atoms with van der Waals surface area (Å²) in [5.41, 5.74) is 0. The highest BCUT2D eigenvalue weighted by Crippen LogP contribution is 2.17. The van der Waals surface area contributed by atoms with Gasteiger partial charge in [0.2, 0.25) is 5.91 Å². The zero-order chi connectivity index (χ0) is 9.84. The van der Waals surface area contributed by atoms with Crippen LogP contribution in [0.25, 0.3) is 0 Å². The monoisotopic (exact) mass is 186 g/mol. The zero-order valence-corrected chi connectivity index (χ0v) is 8.36. The average Bonchev–Trinajstić information content (AvgIpc) is 2.52. The van der Waals surface area contributed by atoms with Gasteiger partial charge >= 0.3 is 0 Å². The van der Waals surface area contributed by atoms with Gasteiger partial charge in [-0.3, -0.25) is 9.69 Å². The van der Waals surface area contributed by atoms with Gasteiger partial charge in [0.25, 0.3) is 0 Å². The fourth-order valence-corrected chi connectivity index (χ4v) is 1.80. The molecule has 1 N–H and O–H groups in total. The summed E-state index contributed by atoms with van der Waals surface area (Å²) in [4.78, 5) is 15.3. The molecule has 1 amide bonds. The lowest BCUT2D eigenvalue weighted by atomic mass is 10.2. The average molecular weight is 186 g/mol. The molecule has 0 unspecified atom stereocenters. The Morgan fingerprint density at radius 2 is 2.31 bits per heavy atom. The number of likely N-dealkylation sites (tertiary alicyclic amines) is 1. The molecule has 1 saturated heterocycles. The van der Waals surface area contributed by atoms with Crippen molar-refractivity contribution in [3.63, 3.8) is 0 Å². The van der Waals surface area contributed by atoms with Gasteiger partial charge in [0.1, 0.15) is 0 Å². The smallest absolute Gasteiger partial charge is 0.239 e. The Morgan fingerprint density at radius 3 is 2.85 bits per heavy atom. The van der Waals surface area contributed by atoms with Gasteiger partial charge < -0.3 is 10.0 Å². The van der Waals surface area contributed by atoms with Crippen molar-refractivity contribution in [2.24, 2.45) is 0 Å². The van der Waals surface area contributed by atoms with E-state index in [2.05, 4.69) is 4.90 Å². The number of carbonyl (C=O) groups is 1. The van der Waals surface area contributed by atoms with Gasteiger partial charge in [0.05, 0.1) is 12.6 Å². The molecule has 1 heterocycles. The first kappa shape index (κ1) is 10.5.